The normalized spacial score (nSPS) is 12.1. The Bertz CT molecular complexity index is 554. The van der Waals surface area contributed by atoms with Crippen LogP contribution in [0.3, 0.4) is 0 Å². The molecule has 0 saturated carbocycles. The van der Waals surface area contributed by atoms with Gasteiger partial charge in [0.05, 0.1) is 23.7 Å². The second-order valence-corrected chi connectivity index (χ2v) is 5.28. The zero-order chi connectivity index (χ0) is 13.8. The van der Waals surface area contributed by atoms with Gasteiger partial charge >= 0.3 is 0 Å². The van der Waals surface area contributed by atoms with E-state index in [4.69, 9.17) is 5.73 Å². The summed E-state index contributed by atoms with van der Waals surface area (Å²) in [7, 11) is 1.80. The molecule has 5 heteroatoms. The van der Waals surface area contributed by atoms with Crippen molar-refractivity contribution in [2.45, 2.75) is 19.4 Å². The van der Waals surface area contributed by atoms with Crippen LogP contribution in [0.1, 0.15) is 24.1 Å². The molecule has 0 spiro atoms. The van der Waals surface area contributed by atoms with Crippen molar-refractivity contribution >= 4 is 22.9 Å². The van der Waals surface area contributed by atoms with Crippen molar-refractivity contribution in [3.05, 3.63) is 46.4 Å². The standard InChI is InChI=1S/C14H17N3OS/c1-10(11-4-3-5-12(15)6-11)14(18)17(2)7-13-8-19-9-16-13/h3-6,8-10H,7,15H2,1-2H3. The van der Waals surface area contributed by atoms with Crippen LogP contribution >= 0.6 is 11.3 Å². The summed E-state index contributed by atoms with van der Waals surface area (Å²) in [5.74, 6) is -0.134. The first kappa shape index (κ1) is 13.5. The van der Waals surface area contributed by atoms with Crippen LogP contribution < -0.4 is 5.73 Å². The van der Waals surface area contributed by atoms with E-state index < -0.39 is 0 Å². The molecule has 1 aromatic heterocycles. The molecule has 0 aliphatic rings. The fraction of sp³-hybridized carbons (Fsp3) is 0.286. The van der Waals surface area contributed by atoms with Crippen LogP contribution in [0.5, 0.6) is 0 Å². The predicted octanol–water partition coefficient (Wildman–Crippen LogP) is 2.49. The molecule has 0 saturated heterocycles. The van der Waals surface area contributed by atoms with Crippen molar-refractivity contribution in [3.8, 4) is 0 Å². The number of rotatable bonds is 4. The van der Waals surface area contributed by atoms with Crippen LogP contribution in [-0.4, -0.2) is 22.8 Å². The van der Waals surface area contributed by atoms with Gasteiger partial charge in [0.1, 0.15) is 0 Å². The van der Waals surface area contributed by atoms with E-state index in [1.165, 1.54) is 11.3 Å². The molecule has 1 heterocycles. The summed E-state index contributed by atoms with van der Waals surface area (Å²) in [6, 6.07) is 7.46. The van der Waals surface area contributed by atoms with E-state index in [0.717, 1.165) is 11.3 Å². The van der Waals surface area contributed by atoms with Crippen molar-refractivity contribution in [2.75, 3.05) is 12.8 Å². The van der Waals surface area contributed by atoms with Crippen LogP contribution in [0, 0.1) is 0 Å². The maximum atomic E-state index is 12.3. The maximum absolute atomic E-state index is 12.3. The predicted molar refractivity (Wildman–Crippen MR) is 77.9 cm³/mol. The van der Waals surface area contributed by atoms with E-state index >= 15 is 0 Å². The summed E-state index contributed by atoms with van der Waals surface area (Å²) < 4.78 is 0. The number of benzene rings is 1. The SMILES string of the molecule is CC(C(=O)N(C)Cc1cscn1)c1cccc(N)c1. The second-order valence-electron chi connectivity index (χ2n) is 4.57. The molecule has 2 rings (SSSR count). The van der Waals surface area contributed by atoms with Gasteiger partial charge in [-0.05, 0) is 24.6 Å². The van der Waals surface area contributed by atoms with E-state index in [1.807, 2.05) is 36.6 Å². The number of nitrogens with two attached hydrogens (primary N) is 1. The zero-order valence-electron chi connectivity index (χ0n) is 11.0. The van der Waals surface area contributed by atoms with Crippen molar-refractivity contribution in [3.63, 3.8) is 0 Å². The van der Waals surface area contributed by atoms with Gasteiger partial charge in [-0.25, -0.2) is 4.98 Å². The van der Waals surface area contributed by atoms with Gasteiger partial charge in [-0.3, -0.25) is 4.79 Å². The molecule has 0 fully saturated rings. The van der Waals surface area contributed by atoms with E-state index in [-0.39, 0.29) is 11.8 Å². The number of nitrogens with zero attached hydrogens (tertiary/aromatic N) is 2. The van der Waals surface area contributed by atoms with Crippen LogP contribution in [0.25, 0.3) is 0 Å². The smallest absolute Gasteiger partial charge is 0.229 e. The number of aromatic nitrogens is 1. The summed E-state index contributed by atoms with van der Waals surface area (Å²) in [5.41, 5.74) is 10.1. The molecule has 1 unspecified atom stereocenters. The van der Waals surface area contributed by atoms with Crippen LogP contribution in [0.15, 0.2) is 35.2 Å². The lowest BCUT2D eigenvalue weighted by atomic mass is 9.99. The Morgan fingerprint density at radius 3 is 2.95 bits per heavy atom. The lowest BCUT2D eigenvalue weighted by Gasteiger charge is -2.21. The lowest BCUT2D eigenvalue weighted by Crippen LogP contribution is -2.30. The van der Waals surface area contributed by atoms with Gasteiger partial charge in [0, 0.05) is 18.1 Å². The fourth-order valence-electron chi connectivity index (χ4n) is 1.94. The van der Waals surface area contributed by atoms with E-state index in [2.05, 4.69) is 4.98 Å². The highest BCUT2D eigenvalue weighted by Crippen LogP contribution is 2.20. The number of likely N-dealkylation sites (N-methyl/N-ethyl adjacent to an activating group) is 1. The monoisotopic (exact) mass is 275 g/mol. The molecule has 1 atom stereocenters. The average Bonchev–Trinajstić information content (AvgIpc) is 2.89. The molecular formula is C14H17N3OS. The van der Waals surface area contributed by atoms with Crippen LogP contribution in [-0.2, 0) is 11.3 Å². The summed E-state index contributed by atoms with van der Waals surface area (Å²) in [4.78, 5) is 18.2. The van der Waals surface area contributed by atoms with Crippen molar-refractivity contribution in [1.82, 2.24) is 9.88 Å². The maximum Gasteiger partial charge on any atom is 0.229 e. The number of thiazole rings is 1. The molecule has 4 nitrogen and oxygen atoms in total. The van der Waals surface area contributed by atoms with Gasteiger partial charge in [-0.15, -0.1) is 11.3 Å². The third-order valence-electron chi connectivity index (χ3n) is 3.04. The van der Waals surface area contributed by atoms with Gasteiger partial charge in [-0.1, -0.05) is 12.1 Å². The lowest BCUT2D eigenvalue weighted by molar-refractivity contribution is -0.131. The number of carbonyl (C=O) groups excluding carboxylic acids is 1. The Morgan fingerprint density at radius 2 is 2.32 bits per heavy atom. The zero-order valence-corrected chi connectivity index (χ0v) is 11.9. The van der Waals surface area contributed by atoms with E-state index in [0.29, 0.717) is 12.2 Å². The number of hydrogen-bond acceptors (Lipinski definition) is 4. The Morgan fingerprint density at radius 1 is 1.53 bits per heavy atom. The number of hydrogen-bond donors (Lipinski definition) is 1. The third kappa shape index (κ3) is 3.32. The third-order valence-corrected chi connectivity index (χ3v) is 3.68. The van der Waals surface area contributed by atoms with Gasteiger partial charge in [0.2, 0.25) is 5.91 Å². The first-order valence-corrected chi connectivity index (χ1v) is 6.99. The molecular weight excluding hydrogens is 258 g/mol. The number of carbonyl (C=O) groups is 1. The minimum Gasteiger partial charge on any atom is -0.399 e. The molecule has 2 aromatic rings. The Labute approximate surface area is 116 Å². The summed E-state index contributed by atoms with van der Waals surface area (Å²) in [6.07, 6.45) is 0. The Balaban J connectivity index is 2.06. The minimum atomic E-state index is -0.202. The summed E-state index contributed by atoms with van der Waals surface area (Å²) >= 11 is 1.53. The van der Waals surface area contributed by atoms with Gasteiger partial charge in [0.15, 0.2) is 0 Å². The number of anilines is 1. The molecule has 100 valence electrons. The van der Waals surface area contributed by atoms with Crippen LogP contribution in [0.4, 0.5) is 5.69 Å². The van der Waals surface area contributed by atoms with Crippen molar-refractivity contribution in [1.29, 1.82) is 0 Å². The van der Waals surface area contributed by atoms with Crippen molar-refractivity contribution in [2.24, 2.45) is 0 Å². The van der Waals surface area contributed by atoms with Gasteiger partial charge < -0.3 is 10.6 Å². The molecule has 2 N–H and O–H groups in total. The first-order chi connectivity index (χ1) is 9.08. The highest BCUT2D eigenvalue weighted by molar-refractivity contribution is 7.07. The highest BCUT2D eigenvalue weighted by Gasteiger charge is 2.19. The first-order valence-electron chi connectivity index (χ1n) is 6.05. The molecule has 1 amide bonds. The van der Waals surface area contributed by atoms with Crippen molar-refractivity contribution < 1.29 is 4.79 Å². The van der Waals surface area contributed by atoms with E-state index in [1.54, 1.807) is 17.5 Å². The molecule has 19 heavy (non-hydrogen) atoms. The van der Waals surface area contributed by atoms with Crippen LogP contribution in [0.2, 0.25) is 0 Å². The fourth-order valence-corrected chi connectivity index (χ4v) is 2.49. The van der Waals surface area contributed by atoms with Gasteiger partial charge in [0.25, 0.3) is 0 Å². The molecule has 0 aliphatic heterocycles. The Kier molecular flexibility index (Phi) is 4.16. The molecule has 0 aliphatic carbocycles. The largest absolute Gasteiger partial charge is 0.399 e. The van der Waals surface area contributed by atoms with Gasteiger partial charge in [-0.2, -0.15) is 0 Å². The molecule has 0 bridgehead atoms. The van der Waals surface area contributed by atoms with E-state index in [9.17, 15) is 4.79 Å². The second kappa shape index (κ2) is 5.84. The Hall–Kier alpha value is -1.88. The summed E-state index contributed by atoms with van der Waals surface area (Å²) in [6.45, 7) is 2.43. The minimum absolute atomic E-state index is 0.0681. The number of amides is 1. The summed E-state index contributed by atoms with van der Waals surface area (Å²) in [5, 5.41) is 1.95. The quantitative estimate of drug-likeness (QED) is 0.872. The highest BCUT2D eigenvalue weighted by atomic mass is 32.1. The average molecular weight is 275 g/mol. The molecule has 0 radical (unpaired) electrons. The number of nitrogen functional groups attached to an aromatic ring is 1. The molecule has 1 aromatic carbocycles. The topological polar surface area (TPSA) is 59.2 Å².